The maximum absolute atomic E-state index is 11.5. The van der Waals surface area contributed by atoms with E-state index in [-0.39, 0.29) is 11.2 Å². The van der Waals surface area contributed by atoms with E-state index >= 15 is 0 Å². The lowest BCUT2D eigenvalue weighted by Crippen LogP contribution is -2.39. The summed E-state index contributed by atoms with van der Waals surface area (Å²) in [5.74, 6) is -0.373. The zero-order valence-electron chi connectivity index (χ0n) is 10.1. The van der Waals surface area contributed by atoms with Crippen LogP contribution < -0.4 is 11.1 Å². The number of hydrogen-bond acceptors (Lipinski definition) is 3. The first-order valence-electron chi connectivity index (χ1n) is 5.24. The van der Waals surface area contributed by atoms with E-state index in [0.717, 1.165) is 10.5 Å². The minimum absolute atomic E-state index is 0.357. The largest absolute Gasteiger partial charge is 0.351 e. The van der Waals surface area contributed by atoms with Crippen LogP contribution in [0.5, 0.6) is 0 Å². The summed E-state index contributed by atoms with van der Waals surface area (Å²) in [6.45, 7) is 5.75. The molecule has 0 unspecified atom stereocenters. The van der Waals surface area contributed by atoms with Crippen molar-refractivity contribution in [3.8, 4) is 0 Å². The molecule has 0 saturated heterocycles. The van der Waals surface area contributed by atoms with Gasteiger partial charge in [0.05, 0.1) is 5.25 Å². The Balaban J connectivity index is 2.70. The van der Waals surface area contributed by atoms with Crippen LogP contribution in [-0.4, -0.2) is 17.2 Å². The number of benzene rings is 1. The highest BCUT2D eigenvalue weighted by atomic mass is 32.2. The van der Waals surface area contributed by atoms with Gasteiger partial charge >= 0.3 is 6.03 Å². The summed E-state index contributed by atoms with van der Waals surface area (Å²) in [4.78, 5) is 23.1. The van der Waals surface area contributed by atoms with Crippen LogP contribution >= 0.6 is 11.8 Å². The Morgan fingerprint density at radius 2 is 2.00 bits per heavy atom. The summed E-state index contributed by atoms with van der Waals surface area (Å²) in [7, 11) is 0. The molecule has 3 N–H and O–H groups in total. The average molecular weight is 252 g/mol. The summed E-state index contributed by atoms with van der Waals surface area (Å²) in [6, 6.07) is 5.21. The second kappa shape index (κ2) is 5.72. The van der Waals surface area contributed by atoms with Gasteiger partial charge in [0.2, 0.25) is 5.91 Å². The average Bonchev–Trinajstić information content (AvgIpc) is 2.21. The number of thioether (sulfide) groups is 1. The van der Waals surface area contributed by atoms with Gasteiger partial charge in [-0.3, -0.25) is 10.1 Å². The molecule has 1 aromatic carbocycles. The van der Waals surface area contributed by atoms with Crippen LogP contribution in [0.25, 0.3) is 0 Å². The topological polar surface area (TPSA) is 72.2 Å². The number of imide groups is 1. The van der Waals surface area contributed by atoms with Gasteiger partial charge in [-0.25, -0.2) is 4.79 Å². The number of aryl methyl sites for hydroxylation is 2. The highest BCUT2D eigenvalue weighted by Gasteiger charge is 2.16. The molecule has 0 aromatic heterocycles. The van der Waals surface area contributed by atoms with Gasteiger partial charge < -0.3 is 5.73 Å². The van der Waals surface area contributed by atoms with Gasteiger partial charge in [0, 0.05) is 4.90 Å². The van der Waals surface area contributed by atoms with Crippen molar-refractivity contribution in [3.63, 3.8) is 0 Å². The van der Waals surface area contributed by atoms with Crippen molar-refractivity contribution in [3.05, 3.63) is 29.3 Å². The molecule has 92 valence electrons. The third-order valence-corrected chi connectivity index (χ3v) is 3.53. The second-order valence-corrected chi connectivity index (χ2v) is 5.27. The van der Waals surface area contributed by atoms with Gasteiger partial charge in [0.15, 0.2) is 0 Å². The molecule has 0 spiro atoms. The van der Waals surface area contributed by atoms with Gasteiger partial charge in [0.1, 0.15) is 0 Å². The Bertz CT molecular complexity index is 446. The number of hydrogen-bond donors (Lipinski definition) is 2. The van der Waals surface area contributed by atoms with Crippen LogP contribution in [0, 0.1) is 13.8 Å². The van der Waals surface area contributed by atoms with E-state index in [9.17, 15) is 9.59 Å². The summed E-state index contributed by atoms with van der Waals surface area (Å²) in [5, 5.41) is 1.72. The molecule has 17 heavy (non-hydrogen) atoms. The molecule has 0 aliphatic rings. The Morgan fingerprint density at radius 3 is 2.53 bits per heavy atom. The van der Waals surface area contributed by atoms with E-state index < -0.39 is 6.03 Å². The molecule has 0 fully saturated rings. The predicted molar refractivity (Wildman–Crippen MR) is 69.0 cm³/mol. The van der Waals surface area contributed by atoms with Crippen molar-refractivity contribution >= 4 is 23.7 Å². The predicted octanol–water partition coefficient (Wildman–Crippen LogP) is 1.98. The van der Waals surface area contributed by atoms with Crippen molar-refractivity contribution < 1.29 is 9.59 Å². The number of nitrogens with one attached hydrogen (secondary N) is 1. The van der Waals surface area contributed by atoms with Crippen LogP contribution in [0.2, 0.25) is 0 Å². The van der Waals surface area contributed by atoms with E-state index in [2.05, 4.69) is 11.4 Å². The SMILES string of the molecule is Cc1ccc(S[C@@H](C)C(=O)NC(N)=O)c(C)c1. The van der Waals surface area contributed by atoms with E-state index in [4.69, 9.17) is 5.73 Å². The molecule has 0 bridgehead atoms. The summed E-state index contributed by atoms with van der Waals surface area (Å²) in [5.41, 5.74) is 7.19. The Morgan fingerprint density at radius 1 is 1.35 bits per heavy atom. The first-order valence-corrected chi connectivity index (χ1v) is 6.12. The number of nitrogens with two attached hydrogens (primary N) is 1. The Hall–Kier alpha value is -1.49. The molecule has 0 aliphatic heterocycles. The van der Waals surface area contributed by atoms with Gasteiger partial charge in [-0.05, 0) is 32.4 Å². The minimum Gasteiger partial charge on any atom is -0.351 e. The molecule has 0 saturated carbocycles. The van der Waals surface area contributed by atoms with Crippen molar-refractivity contribution in [2.75, 3.05) is 0 Å². The minimum atomic E-state index is -0.817. The van der Waals surface area contributed by atoms with Crippen LogP contribution in [0.15, 0.2) is 23.1 Å². The van der Waals surface area contributed by atoms with Crippen molar-refractivity contribution in [1.29, 1.82) is 0 Å². The normalized spacial score (nSPS) is 11.9. The maximum Gasteiger partial charge on any atom is 0.318 e. The molecule has 0 radical (unpaired) electrons. The second-order valence-electron chi connectivity index (χ2n) is 3.88. The summed E-state index contributed by atoms with van der Waals surface area (Å²) < 4.78 is 0. The van der Waals surface area contributed by atoms with Crippen molar-refractivity contribution in [2.24, 2.45) is 5.73 Å². The highest BCUT2D eigenvalue weighted by molar-refractivity contribution is 8.00. The molecule has 5 heteroatoms. The zero-order chi connectivity index (χ0) is 13.0. The lowest BCUT2D eigenvalue weighted by atomic mass is 10.2. The molecule has 1 rings (SSSR count). The molecular weight excluding hydrogens is 236 g/mol. The van der Waals surface area contributed by atoms with Gasteiger partial charge in [-0.15, -0.1) is 11.8 Å². The number of primary amides is 1. The lowest BCUT2D eigenvalue weighted by molar-refractivity contribution is -0.119. The first-order chi connectivity index (χ1) is 7.90. The van der Waals surface area contributed by atoms with E-state index in [0.29, 0.717) is 0 Å². The monoisotopic (exact) mass is 252 g/mol. The van der Waals surface area contributed by atoms with Gasteiger partial charge in [-0.1, -0.05) is 17.7 Å². The molecule has 4 nitrogen and oxygen atoms in total. The third kappa shape index (κ3) is 4.11. The zero-order valence-corrected chi connectivity index (χ0v) is 10.9. The molecule has 0 heterocycles. The third-order valence-electron chi connectivity index (χ3n) is 2.25. The van der Waals surface area contributed by atoms with E-state index in [1.807, 2.05) is 26.0 Å². The molecule has 0 aliphatic carbocycles. The number of carbonyl (C=O) groups excluding carboxylic acids is 2. The van der Waals surface area contributed by atoms with Crippen molar-refractivity contribution in [2.45, 2.75) is 30.9 Å². The smallest absolute Gasteiger partial charge is 0.318 e. The first kappa shape index (κ1) is 13.6. The van der Waals surface area contributed by atoms with E-state index in [1.165, 1.54) is 17.3 Å². The van der Waals surface area contributed by atoms with Crippen LogP contribution in [-0.2, 0) is 4.79 Å². The van der Waals surface area contributed by atoms with Gasteiger partial charge in [0.25, 0.3) is 0 Å². The summed E-state index contributed by atoms with van der Waals surface area (Å²) in [6.07, 6.45) is 0. The molecular formula is C12H16N2O2S. The molecule has 3 amide bonds. The number of amides is 3. The highest BCUT2D eigenvalue weighted by Crippen LogP contribution is 2.27. The van der Waals surface area contributed by atoms with Gasteiger partial charge in [-0.2, -0.15) is 0 Å². The van der Waals surface area contributed by atoms with Crippen LogP contribution in [0.4, 0.5) is 4.79 Å². The fourth-order valence-electron chi connectivity index (χ4n) is 1.40. The molecule has 1 aromatic rings. The Labute approximate surface area is 105 Å². The van der Waals surface area contributed by atoms with Crippen LogP contribution in [0.1, 0.15) is 18.1 Å². The maximum atomic E-state index is 11.5. The fraction of sp³-hybridized carbons (Fsp3) is 0.333. The Kier molecular flexibility index (Phi) is 4.57. The fourth-order valence-corrected chi connectivity index (χ4v) is 2.34. The number of rotatable bonds is 3. The number of carbonyl (C=O) groups is 2. The quantitative estimate of drug-likeness (QED) is 0.808. The van der Waals surface area contributed by atoms with E-state index in [1.54, 1.807) is 6.92 Å². The lowest BCUT2D eigenvalue weighted by Gasteiger charge is -2.12. The van der Waals surface area contributed by atoms with Crippen molar-refractivity contribution in [1.82, 2.24) is 5.32 Å². The number of urea groups is 1. The summed E-state index contributed by atoms with van der Waals surface area (Å²) >= 11 is 1.41. The molecule has 1 atom stereocenters. The standard InChI is InChI=1S/C12H16N2O2S/c1-7-4-5-10(8(2)6-7)17-9(3)11(15)14-12(13)16/h4-6,9H,1-3H3,(H3,13,14,15,16)/t9-/m0/s1. The van der Waals surface area contributed by atoms with Crippen LogP contribution in [0.3, 0.4) is 0 Å².